The zero-order chi connectivity index (χ0) is 19.5. The van der Waals surface area contributed by atoms with E-state index in [-0.39, 0.29) is 12.3 Å². The molecule has 4 rings (SSSR count). The van der Waals surface area contributed by atoms with Gasteiger partial charge in [0, 0.05) is 26.2 Å². The van der Waals surface area contributed by atoms with Gasteiger partial charge in [0.15, 0.2) is 5.75 Å². The van der Waals surface area contributed by atoms with Gasteiger partial charge in [-0.3, -0.25) is 9.59 Å². The van der Waals surface area contributed by atoms with Crippen molar-refractivity contribution >= 4 is 23.4 Å². The van der Waals surface area contributed by atoms with E-state index < -0.39 is 5.97 Å². The Kier molecular flexibility index (Phi) is 4.97. The number of aliphatic imine (C=N–C) groups is 1. The number of ether oxygens (including phenoxy) is 2. The lowest BCUT2D eigenvalue weighted by molar-refractivity contribution is -0.147. The summed E-state index contributed by atoms with van der Waals surface area (Å²) in [5, 5.41) is 0. The zero-order valence-corrected chi connectivity index (χ0v) is 15.6. The van der Waals surface area contributed by atoms with E-state index in [0.29, 0.717) is 26.2 Å². The summed E-state index contributed by atoms with van der Waals surface area (Å²) in [4.78, 5) is 32.3. The highest BCUT2D eigenvalue weighted by atomic mass is 16.5. The number of benzene rings is 2. The first-order chi connectivity index (χ1) is 13.7. The number of rotatable bonds is 2. The van der Waals surface area contributed by atoms with E-state index in [1.54, 1.807) is 4.90 Å². The minimum absolute atomic E-state index is 0.205. The van der Waals surface area contributed by atoms with Crippen LogP contribution in [-0.2, 0) is 14.3 Å². The third kappa shape index (κ3) is 3.55. The molecule has 0 radical (unpaired) electrons. The molecule has 2 aliphatic rings. The smallest absolute Gasteiger partial charge is 0.315 e. The van der Waals surface area contributed by atoms with E-state index >= 15 is 0 Å². The number of amides is 1. The van der Waals surface area contributed by atoms with Crippen molar-refractivity contribution in [3.05, 3.63) is 54.1 Å². The number of hydrogen-bond acceptors (Lipinski definition) is 6. The number of carbonyl (C=O) groups excluding carboxylic acids is 2. The first-order valence-corrected chi connectivity index (χ1v) is 9.20. The van der Waals surface area contributed by atoms with Crippen molar-refractivity contribution in [2.45, 2.75) is 6.42 Å². The molecule has 0 N–H and O–H groups in total. The Balaban J connectivity index is 1.57. The Bertz CT molecular complexity index is 933. The first-order valence-electron chi connectivity index (χ1n) is 9.20. The molecule has 0 atom stereocenters. The van der Waals surface area contributed by atoms with E-state index in [4.69, 9.17) is 9.73 Å². The molecular formula is C21H21N3O4. The molecule has 2 aliphatic heterocycles. The second kappa shape index (κ2) is 7.72. The SMILES string of the molecule is COC(=O)CC(=O)N1CCN(C2=Nc3ccccc3Oc3ccccc32)CC1. The van der Waals surface area contributed by atoms with Crippen molar-refractivity contribution in [1.82, 2.24) is 9.80 Å². The maximum atomic E-state index is 12.2. The lowest BCUT2D eigenvalue weighted by atomic mass is 10.1. The third-order valence-corrected chi connectivity index (χ3v) is 4.89. The monoisotopic (exact) mass is 379 g/mol. The second-order valence-corrected chi connectivity index (χ2v) is 6.62. The number of piperazine rings is 1. The van der Waals surface area contributed by atoms with Gasteiger partial charge in [-0.1, -0.05) is 24.3 Å². The van der Waals surface area contributed by atoms with Gasteiger partial charge in [0.25, 0.3) is 0 Å². The number of carbonyl (C=O) groups is 2. The molecular weight excluding hydrogens is 358 g/mol. The van der Waals surface area contributed by atoms with Crippen molar-refractivity contribution in [3.63, 3.8) is 0 Å². The van der Waals surface area contributed by atoms with E-state index in [2.05, 4.69) is 9.64 Å². The van der Waals surface area contributed by atoms with Crippen LogP contribution in [0.2, 0.25) is 0 Å². The average Bonchev–Trinajstić information content (AvgIpc) is 2.90. The summed E-state index contributed by atoms with van der Waals surface area (Å²) in [5.74, 6) is 1.60. The fourth-order valence-corrected chi connectivity index (χ4v) is 3.39. The number of amidine groups is 1. The molecule has 7 nitrogen and oxygen atoms in total. The molecule has 0 unspecified atom stereocenters. The van der Waals surface area contributed by atoms with Gasteiger partial charge >= 0.3 is 5.97 Å². The minimum Gasteiger partial charge on any atom is -0.469 e. The lowest BCUT2D eigenvalue weighted by Crippen LogP contribution is -2.51. The van der Waals surface area contributed by atoms with Gasteiger partial charge < -0.3 is 19.3 Å². The van der Waals surface area contributed by atoms with Crippen LogP contribution in [0.25, 0.3) is 0 Å². The van der Waals surface area contributed by atoms with Gasteiger partial charge in [-0.15, -0.1) is 0 Å². The summed E-state index contributed by atoms with van der Waals surface area (Å²) in [7, 11) is 1.29. The maximum Gasteiger partial charge on any atom is 0.315 e. The predicted octanol–water partition coefficient (Wildman–Crippen LogP) is 2.58. The quantitative estimate of drug-likeness (QED) is 0.592. The molecule has 1 amide bonds. The van der Waals surface area contributed by atoms with Crippen LogP contribution in [0.4, 0.5) is 5.69 Å². The van der Waals surface area contributed by atoms with Crippen molar-refractivity contribution in [1.29, 1.82) is 0 Å². The molecule has 2 heterocycles. The van der Waals surface area contributed by atoms with E-state index in [9.17, 15) is 9.59 Å². The summed E-state index contributed by atoms with van der Waals surface area (Å²) in [6.45, 7) is 2.31. The molecule has 7 heteroatoms. The fraction of sp³-hybridized carbons (Fsp3) is 0.286. The standard InChI is InChI=1S/C21H21N3O4/c1-27-20(26)14-19(25)23-10-12-24(13-11-23)21-15-6-2-4-8-17(15)28-18-9-5-3-7-16(18)22-21/h2-9H,10-14H2,1H3. The Hall–Kier alpha value is -3.35. The lowest BCUT2D eigenvalue weighted by Gasteiger charge is -2.36. The highest BCUT2D eigenvalue weighted by Crippen LogP contribution is 2.37. The van der Waals surface area contributed by atoms with Crippen LogP contribution in [0, 0.1) is 0 Å². The number of methoxy groups -OCH3 is 1. The number of fused-ring (bicyclic) bond motifs is 2. The van der Waals surface area contributed by atoms with E-state index in [0.717, 1.165) is 28.6 Å². The van der Waals surface area contributed by atoms with Gasteiger partial charge in [-0.05, 0) is 24.3 Å². The van der Waals surface area contributed by atoms with Crippen molar-refractivity contribution in [2.24, 2.45) is 4.99 Å². The van der Waals surface area contributed by atoms with Crippen LogP contribution < -0.4 is 4.74 Å². The van der Waals surface area contributed by atoms with E-state index in [1.807, 2.05) is 48.5 Å². The number of esters is 1. The summed E-state index contributed by atoms with van der Waals surface area (Å²) in [6, 6.07) is 15.5. The number of para-hydroxylation sites is 3. The second-order valence-electron chi connectivity index (χ2n) is 6.62. The van der Waals surface area contributed by atoms with Gasteiger partial charge in [0.2, 0.25) is 5.91 Å². The average molecular weight is 379 g/mol. The van der Waals surface area contributed by atoms with Crippen molar-refractivity contribution in [2.75, 3.05) is 33.3 Å². The Morgan fingerprint density at radius 3 is 2.43 bits per heavy atom. The Morgan fingerprint density at radius 1 is 1.00 bits per heavy atom. The summed E-state index contributed by atoms with van der Waals surface area (Å²) < 4.78 is 10.7. The van der Waals surface area contributed by atoms with Gasteiger partial charge in [-0.25, -0.2) is 4.99 Å². The molecule has 1 fully saturated rings. The number of hydrogen-bond donors (Lipinski definition) is 0. The van der Waals surface area contributed by atoms with Gasteiger partial charge in [0.1, 0.15) is 23.7 Å². The summed E-state index contributed by atoms with van der Waals surface area (Å²) >= 11 is 0. The molecule has 0 spiro atoms. The molecule has 2 aromatic carbocycles. The highest BCUT2D eigenvalue weighted by molar-refractivity contribution is 6.04. The van der Waals surface area contributed by atoms with Crippen molar-refractivity contribution < 1.29 is 19.1 Å². The fourth-order valence-electron chi connectivity index (χ4n) is 3.39. The molecule has 0 saturated carbocycles. The van der Waals surface area contributed by atoms with Crippen LogP contribution in [0.15, 0.2) is 53.5 Å². The van der Waals surface area contributed by atoms with Gasteiger partial charge in [0.05, 0.1) is 12.7 Å². The Labute approximate surface area is 163 Å². The van der Waals surface area contributed by atoms with E-state index in [1.165, 1.54) is 7.11 Å². The predicted molar refractivity (Wildman–Crippen MR) is 104 cm³/mol. The van der Waals surface area contributed by atoms with Crippen LogP contribution in [-0.4, -0.2) is 60.8 Å². The molecule has 0 aromatic heterocycles. The van der Waals surface area contributed by atoms with Crippen LogP contribution >= 0.6 is 0 Å². The third-order valence-electron chi connectivity index (χ3n) is 4.89. The Morgan fingerprint density at radius 2 is 1.68 bits per heavy atom. The largest absolute Gasteiger partial charge is 0.469 e. The zero-order valence-electron chi connectivity index (χ0n) is 15.6. The molecule has 0 aliphatic carbocycles. The number of nitrogens with zero attached hydrogens (tertiary/aromatic N) is 3. The van der Waals surface area contributed by atoms with Crippen LogP contribution in [0.1, 0.15) is 12.0 Å². The topological polar surface area (TPSA) is 71.4 Å². The molecule has 1 saturated heterocycles. The highest BCUT2D eigenvalue weighted by Gasteiger charge is 2.28. The molecule has 0 bridgehead atoms. The molecule has 28 heavy (non-hydrogen) atoms. The minimum atomic E-state index is -0.511. The first kappa shape index (κ1) is 18.0. The maximum absolute atomic E-state index is 12.2. The van der Waals surface area contributed by atoms with Crippen LogP contribution in [0.3, 0.4) is 0 Å². The van der Waals surface area contributed by atoms with Gasteiger partial charge in [-0.2, -0.15) is 0 Å². The summed E-state index contributed by atoms with van der Waals surface area (Å²) in [5.41, 5.74) is 1.70. The van der Waals surface area contributed by atoms with Crippen LogP contribution in [0.5, 0.6) is 11.5 Å². The van der Waals surface area contributed by atoms with Crippen molar-refractivity contribution in [3.8, 4) is 11.5 Å². The molecule has 2 aromatic rings. The summed E-state index contributed by atoms with van der Waals surface area (Å²) in [6.07, 6.45) is -0.221. The molecule has 144 valence electrons. The normalized spacial score (nSPS) is 15.5.